The molecule has 8 nitrogen and oxygen atoms in total. The van der Waals surface area contributed by atoms with Crippen LogP contribution in [0.25, 0.3) is 6.08 Å². The molecule has 1 aliphatic heterocycles. The highest BCUT2D eigenvalue weighted by Crippen LogP contribution is 2.36. The number of nitriles is 1. The minimum atomic E-state index is -0.698. The fourth-order valence-electron chi connectivity index (χ4n) is 2.05. The van der Waals surface area contributed by atoms with E-state index in [2.05, 4.69) is 0 Å². The number of carbonyl (C=O) groups excluding carboxylic acids is 2. The van der Waals surface area contributed by atoms with Crippen molar-refractivity contribution >= 4 is 40.6 Å². The lowest BCUT2D eigenvalue weighted by Gasteiger charge is -2.12. The van der Waals surface area contributed by atoms with Gasteiger partial charge in [-0.25, -0.2) is 4.90 Å². The molecule has 9 heteroatoms. The van der Waals surface area contributed by atoms with E-state index in [1.807, 2.05) is 6.07 Å². The summed E-state index contributed by atoms with van der Waals surface area (Å²) in [5.41, 5.74) is 0.600. The lowest BCUT2D eigenvalue weighted by molar-refractivity contribution is -0.402. The third kappa shape index (κ3) is 2.78. The molecule has 0 atom stereocenters. The Kier molecular flexibility index (Phi) is 3.89. The van der Waals surface area contributed by atoms with Crippen LogP contribution >= 0.6 is 11.8 Å². The normalized spacial score (nSPS) is 15.8. The highest BCUT2D eigenvalue weighted by Gasteiger charge is 2.36. The van der Waals surface area contributed by atoms with Crippen LogP contribution in [0, 0.1) is 21.4 Å². The number of anilines is 1. The molecule has 1 saturated heterocycles. The fraction of sp³-hybridized carbons (Fsp3) is 0. The minimum Gasteiger partial charge on any atom is -0.401 e. The first-order valence-electron chi connectivity index (χ1n) is 6.52. The van der Waals surface area contributed by atoms with E-state index < -0.39 is 22.0 Å². The maximum absolute atomic E-state index is 12.4. The molecule has 2 aromatic rings. The minimum absolute atomic E-state index is 0.0756. The number of furan rings is 1. The van der Waals surface area contributed by atoms with Crippen molar-refractivity contribution < 1.29 is 18.9 Å². The van der Waals surface area contributed by atoms with Crippen LogP contribution in [-0.4, -0.2) is 16.1 Å². The number of hydrogen-bond acceptors (Lipinski definition) is 7. The molecule has 0 saturated carbocycles. The molecular weight excluding hydrogens is 334 g/mol. The van der Waals surface area contributed by atoms with Gasteiger partial charge in [0.2, 0.25) is 0 Å². The second-order valence-electron chi connectivity index (χ2n) is 4.61. The molecule has 0 aliphatic carbocycles. The molecule has 1 aliphatic rings. The Hall–Kier alpha value is -3.38. The zero-order chi connectivity index (χ0) is 17.3. The largest absolute Gasteiger partial charge is 0.433 e. The van der Waals surface area contributed by atoms with Crippen LogP contribution < -0.4 is 4.90 Å². The number of thioether (sulfide) groups is 1. The first kappa shape index (κ1) is 15.5. The van der Waals surface area contributed by atoms with Crippen molar-refractivity contribution in [3.8, 4) is 6.07 Å². The second kappa shape index (κ2) is 6.02. The molecule has 3 rings (SSSR count). The molecule has 1 aromatic heterocycles. The average molecular weight is 341 g/mol. The molecule has 2 heterocycles. The van der Waals surface area contributed by atoms with Crippen LogP contribution in [0.5, 0.6) is 0 Å². The highest BCUT2D eigenvalue weighted by atomic mass is 32.2. The van der Waals surface area contributed by atoms with Gasteiger partial charge in [-0.1, -0.05) is 6.07 Å². The van der Waals surface area contributed by atoms with E-state index in [9.17, 15) is 19.7 Å². The van der Waals surface area contributed by atoms with Crippen LogP contribution in [0.1, 0.15) is 11.3 Å². The molecule has 1 fully saturated rings. The number of carbonyl (C=O) groups is 2. The van der Waals surface area contributed by atoms with E-state index in [4.69, 9.17) is 9.68 Å². The van der Waals surface area contributed by atoms with Gasteiger partial charge in [-0.2, -0.15) is 5.26 Å². The first-order chi connectivity index (χ1) is 11.5. The monoisotopic (exact) mass is 341 g/mol. The number of benzene rings is 1. The number of rotatable bonds is 3. The summed E-state index contributed by atoms with van der Waals surface area (Å²) < 4.78 is 4.95. The molecule has 0 spiro atoms. The third-order valence-electron chi connectivity index (χ3n) is 3.09. The van der Waals surface area contributed by atoms with Gasteiger partial charge in [-0.15, -0.1) is 0 Å². The zero-order valence-electron chi connectivity index (χ0n) is 11.8. The van der Waals surface area contributed by atoms with Gasteiger partial charge in [-0.3, -0.25) is 19.7 Å². The third-order valence-corrected chi connectivity index (χ3v) is 3.96. The van der Waals surface area contributed by atoms with Crippen LogP contribution in [0.4, 0.5) is 16.4 Å². The zero-order valence-corrected chi connectivity index (χ0v) is 12.6. The molecule has 0 N–H and O–H groups in total. The molecule has 1 aromatic carbocycles. The summed E-state index contributed by atoms with van der Waals surface area (Å²) in [5.74, 6) is -0.945. The summed E-state index contributed by atoms with van der Waals surface area (Å²) in [4.78, 5) is 35.4. The van der Waals surface area contributed by atoms with Gasteiger partial charge in [-0.05, 0) is 36.0 Å². The molecular formula is C15H7N3O5S. The van der Waals surface area contributed by atoms with Gasteiger partial charge >= 0.3 is 5.88 Å². The lowest BCUT2D eigenvalue weighted by Crippen LogP contribution is -2.27. The molecule has 0 bridgehead atoms. The van der Waals surface area contributed by atoms with E-state index in [1.54, 1.807) is 12.1 Å². The number of nitro groups is 1. The quantitative estimate of drug-likeness (QED) is 0.477. The van der Waals surface area contributed by atoms with Gasteiger partial charge in [0.1, 0.15) is 10.7 Å². The SMILES string of the molecule is N#Cc1cccc(N2C(=O)S/C(=C\c3ccc([N+](=O)[O-])o3)C2=O)c1. The Morgan fingerprint density at radius 1 is 1.29 bits per heavy atom. The van der Waals surface area contributed by atoms with Crippen LogP contribution in [0.3, 0.4) is 0 Å². The van der Waals surface area contributed by atoms with Gasteiger partial charge in [0.15, 0.2) is 0 Å². The van der Waals surface area contributed by atoms with Crippen molar-refractivity contribution in [2.24, 2.45) is 0 Å². The summed E-state index contributed by atoms with van der Waals surface area (Å²) in [6, 6.07) is 10.5. The molecule has 118 valence electrons. The van der Waals surface area contributed by atoms with Gasteiger partial charge in [0.05, 0.1) is 28.3 Å². The summed E-state index contributed by atoms with van der Waals surface area (Å²) in [6.45, 7) is 0. The summed E-state index contributed by atoms with van der Waals surface area (Å²) in [6.07, 6.45) is 1.27. The van der Waals surface area contributed by atoms with Crippen LogP contribution in [0.2, 0.25) is 0 Å². The smallest absolute Gasteiger partial charge is 0.401 e. The van der Waals surface area contributed by atoms with Gasteiger partial charge in [0, 0.05) is 6.08 Å². The predicted molar refractivity (Wildman–Crippen MR) is 85.0 cm³/mol. The fourth-order valence-corrected chi connectivity index (χ4v) is 2.87. The Morgan fingerprint density at radius 2 is 2.08 bits per heavy atom. The van der Waals surface area contributed by atoms with E-state index in [-0.39, 0.29) is 16.4 Å². The topological polar surface area (TPSA) is 117 Å². The maximum atomic E-state index is 12.4. The highest BCUT2D eigenvalue weighted by molar-refractivity contribution is 8.19. The van der Waals surface area contributed by atoms with Crippen molar-refractivity contribution in [3.05, 3.63) is 62.7 Å². The molecule has 0 unspecified atom stereocenters. The Labute approximate surface area is 139 Å². The number of amides is 2. The lowest BCUT2D eigenvalue weighted by atomic mass is 10.2. The van der Waals surface area contributed by atoms with Crippen molar-refractivity contribution in [2.75, 3.05) is 4.90 Å². The van der Waals surface area contributed by atoms with Gasteiger partial charge < -0.3 is 4.42 Å². The Bertz CT molecular complexity index is 941. The molecule has 24 heavy (non-hydrogen) atoms. The van der Waals surface area contributed by atoms with Crippen molar-refractivity contribution in [3.63, 3.8) is 0 Å². The van der Waals surface area contributed by atoms with Crippen molar-refractivity contribution in [2.45, 2.75) is 0 Å². The average Bonchev–Trinajstić information content (AvgIpc) is 3.13. The molecule has 0 radical (unpaired) electrons. The maximum Gasteiger partial charge on any atom is 0.433 e. The van der Waals surface area contributed by atoms with E-state index >= 15 is 0 Å². The standard InChI is InChI=1S/C15H7N3O5S/c16-8-9-2-1-3-10(6-9)17-14(19)12(24-15(17)20)7-11-4-5-13(23-11)18(21)22/h1-7H/b12-7-. The Morgan fingerprint density at radius 3 is 2.75 bits per heavy atom. The summed E-state index contributed by atoms with van der Waals surface area (Å²) in [5, 5.41) is 19.0. The molecule has 2 amide bonds. The number of hydrogen-bond donors (Lipinski definition) is 0. The van der Waals surface area contributed by atoms with Crippen LogP contribution in [-0.2, 0) is 4.79 Å². The van der Waals surface area contributed by atoms with Crippen molar-refractivity contribution in [1.82, 2.24) is 0 Å². The summed E-state index contributed by atoms with van der Waals surface area (Å²) >= 11 is 0.688. The number of nitrogens with zero attached hydrogens (tertiary/aromatic N) is 3. The van der Waals surface area contributed by atoms with E-state index in [1.165, 1.54) is 24.3 Å². The van der Waals surface area contributed by atoms with E-state index in [0.717, 1.165) is 11.0 Å². The Balaban J connectivity index is 1.92. The first-order valence-corrected chi connectivity index (χ1v) is 7.33. The van der Waals surface area contributed by atoms with Crippen LogP contribution in [0.15, 0.2) is 45.7 Å². The van der Waals surface area contributed by atoms with E-state index in [0.29, 0.717) is 17.3 Å². The number of imide groups is 1. The summed E-state index contributed by atoms with van der Waals surface area (Å²) in [7, 11) is 0. The van der Waals surface area contributed by atoms with Crippen molar-refractivity contribution in [1.29, 1.82) is 5.26 Å². The van der Waals surface area contributed by atoms with Gasteiger partial charge in [0.25, 0.3) is 11.1 Å². The second-order valence-corrected chi connectivity index (χ2v) is 5.61. The predicted octanol–water partition coefficient (Wildman–Crippen LogP) is 3.30.